The Hall–Kier alpha value is -4.08. The fraction of sp³-hybridized carbons (Fsp3) is 0.333. The van der Waals surface area contributed by atoms with E-state index in [4.69, 9.17) is 20.6 Å². The number of aliphatic carboxylic acids is 1. The van der Waals surface area contributed by atoms with E-state index in [2.05, 4.69) is 0 Å². The molecule has 10 heteroatoms. The lowest BCUT2D eigenvalue weighted by Crippen LogP contribution is -2.62. The van der Waals surface area contributed by atoms with Crippen molar-refractivity contribution in [1.82, 2.24) is 9.80 Å². The van der Waals surface area contributed by atoms with Gasteiger partial charge in [0.1, 0.15) is 17.3 Å². The van der Waals surface area contributed by atoms with E-state index in [1.54, 1.807) is 48.5 Å². The molecule has 2 aromatic carbocycles. The second-order valence-corrected chi connectivity index (χ2v) is 7.85. The van der Waals surface area contributed by atoms with Gasteiger partial charge in [-0.25, -0.2) is 0 Å². The maximum absolute atomic E-state index is 13.1. The number of nitrogens with zero attached hydrogens (tertiary/aromatic N) is 2. The van der Waals surface area contributed by atoms with Crippen molar-refractivity contribution in [1.29, 1.82) is 5.41 Å². The number of ether oxygens (including phenoxy) is 2. The van der Waals surface area contributed by atoms with Crippen molar-refractivity contribution >= 4 is 23.6 Å². The van der Waals surface area contributed by atoms with Gasteiger partial charge in [-0.2, -0.15) is 0 Å². The summed E-state index contributed by atoms with van der Waals surface area (Å²) >= 11 is 0. The second kappa shape index (κ2) is 10.7. The first kappa shape index (κ1) is 24.6. The smallest absolute Gasteiger partial charge is 0.315 e. The third-order valence-corrected chi connectivity index (χ3v) is 5.55. The summed E-state index contributed by atoms with van der Waals surface area (Å²) in [6.45, 7) is 2.18. The summed E-state index contributed by atoms with van der Waals surface area (Å²) in [6.07, 6.45) is -0.582. The van der Waals surface area contributed by atoms with Gasteiger partial charge in [-0.1, -0.05) is 19.1 Å². The van der Waals surface area contributed by atoms with Crippen molar-refractivity contribution in [3.8, 4) is 11.5 Å². The van der Waals surface area contributed by atoms with E-state index >= 15 is 0 Å². The molecule has 10 nitrogen and oxygen atoms in total. The van der Waals surface area contributed by atoms with Gasteiger partial charge >= 0.3 is 17.8 Å². The highest BCUT2D eigenvalue weighted by molar-refractivity contribution is 6.35. The summed E-state index contributed by atoms with van der Waals surface area (Å²) in [6, 6.07) is 12.4. The number of carbonyl (C=O) groups excluding carboxylic acids is 2. The standard InChI is InChI=1S/C24H28N4O6/c1-3-12-27-20(34-18-10-6-16(7-11-18)22(25)26)14-28(24(32)23(27)31)19(13-21(29)30)15-4-8-17(33-2)9-5-15/h4-11,19-20H,3,12-14H2,1-2H3,(H3,25,26)(H,29,30). The lowest BCUT2D eigenvalue weighted by atomic mass is 10.00. The molecule has 4 N–H and O–H groups in total. The summed E-state index contributed by atoms with van der Waals surface area (Å²) in [5.41, 5.74) is 6.59. The number of carbonyl (C=O) groups is 3. The molecule has 2 unspecified atom stereocenters. The molecule has 0 aliphatic carbocycles. The fourth-order valence-corrected chi connectivity index (χ4v) is 3.85. The van der Waals surface area contributed by atoms with Crippen molar-refractivity contribution in [2.75, 3.05) is 20.2 Å². The highest BCUT2D eigenvalue weighted by Gasteiger charge is 2.43. The van der Waals surface area contributed by atoms with Crippen LogP contribution in [0, 0.1) is 5.41 Å². The van der Waals surface area contributed by atoms with Gasteiger partial charge in [0.2, 0.25) is 0 Å². The van der Waals surface area contributed by atoms with Crippen molar-refractivity contribution in [2.24, 2.45) is 5.73 Å². The molecule has 0 saturated carbocycles. The Morgan fingerprint density at radius 3 is 2.26 bits per heavy atom. The van der Waals surface area contributed by atoms with Gasteiger partial charge in [-0.3, -0.25) is 24.7 Å². The van der Waals surface area contributed by atoms with Crippen LogP contribution in [0.25, 0.3) is 0 Å². The molecule has 1 aliphatic rings. The molecule has 0 aromatic heterocycles. The lowest BCUT2D eigenvalue weighted by Gasteiger charge is -2.43. The minimum atomic E-state index is -1.10. The van der Waals surface area contributed by atoms with Gasteiger partial charge in [0.05, 0.1) is 26.1 Å². The van der Waals surface area contributed by atoms with Crippen molar-refractivity contribution < 1.29 is 29.0 Å². The highest BCUT2D eigenvalue weighted by atomic mass is 16.5. The van der Waals surface area contributed by atoms with E-state index in [0.29, 0.717) is 35.6 Å². The number of methoxy groups -OCH3 is 1. The fourth-order valence-electron chi connectivity index (χ4n) is 3.85. The Morgan fingerprint density at radius 1 is 1.12 bits per heavy atom. The molecule has 0 radical (unpaired) electrons. The Bertz CT molecular complexity index is 1050. The number of carboxylic acid groups (broad SMARTS) is 1. The van der Waals surface area contributed by atoms with E-state index in [1.165, 1.54) is 16.9 Å². The van der Waals surface area contributed by atoms with Crippen LogP contribution in [0.5, 0.6) is 11.5 Å². The van der Waals surface area contributed by atoms with E-state index in [-0.39, 0.29) is 18.8 Å². The number of hydrogen-bond acceptors (Lipinski definition) is 6. The number of nitrogens with two attached hydrogens (primary N) is 1. The molecular formula is C24H28N4O6. The molecule has 2 amide bonds. The third-order valence-electron chi connectivity index (χ3n) is 5.55. The van der Waals surface area contributed by atoms with Gasteiger partial charge < -0.3 is 25.2 Å². The molecule has 180 valence electrons. The topological polar surface area (TPSA) is 146 Å². The first-order valence-electron chi connectivity index (χ1n) is 10.8. The van der Waals surface area contributed by atoms with Crippen LogP contribution < -0.4 is 15.2 Å². The van der Waals surface area contributed by atoms with E-state index < -0.39 is 30.1 Å². The van der Waals surface area contributed by atoms with Crippen LogP contribution in [-0.4, -0.2) is 65.0 Å². The molecule has 0 bridgehead atoms. The van der Waals surface area contributed by atoms with Gasteiger partial charge in [0, 0.05) is 12.1 Å². The lowest BCUT2D eigenvalue weighted by molar-refractivity contribution is -0.169. The number of amidine groups is 1. The first-order valence-corrected chi connectivity index (χ1v) is 10.8. The van der Waals surface area contributed by atoms with Crippen molar-refractivity contribution in [3.05, 3.63) is 59.7 Å². The zero-order chi connectivity index (χ0) is 24.8. The Kier molecular flexibility index (Phi) is 7.72. The highest BCUT2D eigenvalue weighted by Crippen LogP contribution is 2.30. The Labute approximate surface area is 197 Å². The molecule has 0 spiro atoms. The summed E-state index contributed by atoms with van der Waals surface area (Å²) in [7, 11) is 1.52. The van der Waals surface area contributed by atoms with Gasteiger partial charge in [0.15, 0.2) is 6.23 Å². The monoisotopic (exact) mass is 468 g/mol. The summed E-state index contributed by atoms with van der Waals surface area (Å²) < 4.78 is 11.2. The molecular weight excluding hydrogens is 440 g/mol. The van der Waals surface area contributed by atoms with Crippen LogP contribution in [0.2, 0.25) is 0 Å². The van der Waals surface area contributed by atoms with Crippen LogP contribution in [0.15, 0.2) is 48.5 Å². The number of hydrogen-bond donors (Lipinski definition) is 3. The van der Waals surface area contributed by atoms with E-state index in [9.17, 15) is 19.5 Å². The van der Waals surface area contributed by atoms with Gasteiger partial charge in [-0.15, -0.1) is 0 Å². The normalized spacial score (nSPS) is 16.8. The molecule has 2 atom stereocenters. The number of rotatable bonds is 10. The Morgan fingerprint density at radius 2 is 1.74 bits per heavy atom. The molecule has 3 rings (SSSR count). The van der Waals surface area contributed by atoms with Crippen molar-refractivity contribution in [2.45, 2.75) is 32.0 Å². The van der Waals surface area contributed by atoms with Crippen LogP contribution in [0.4, 0.5) is 0 Å². The van der Waals surface area contributed by atoms with Crippen LogP contribution in [0.3, 0.4) is 0 Å². The van der Waals surface area contributed by atoms with Crippen molar-refractivity contribution in [3.63, 3.8) is 0 Å². The minimum Gasteiger partial charge on any atom is -0.497 e. The van der Waals surface area contributed by atoms with Crippen LogP contribution in [0.1, 0.15) is 36.9 Å². The summed E-state index contributed by atoms with van der Waals surface area (Å²) in [4.78, 5) is 40.4. The SMILES string of the molecule is CCCN1C(=O)C(=O)N(C(CC(=O)O)c2ccc(OC)cc2)CC1Oc1ccc(C(=N)N)cc1. The van der Waals surface area contributed by atoms with Crippen LogP contribution >= 0.6 is 0 Å². The maximum atomic E-state index is 13.1. The average Bonchev–Trinajstić information content (AvgIpc) is 2.82. The molecule has 34 heavy (non-hydrogen) atoms. The zero-order valence-electron chi connectivity index (χ0n) is 19.1. The van der Waals surface area contributed by atoms with E-state index in [1.807, 2.05) is 6.92 Å². The number of piperazine rings is 1. The molecule has 1 aliphatic heterocycles. The Balaban J connectivity index is 1.93. The van der Waals surface area contributed by atoms with Gasteiger partial charge in [-0.05, 0) is 48.4 Å². The number of nitrogens with one attached hydrogen (secondary N) is 1. The summed E-state index contributed by atoms with van der Waals surface area (Å²) in [5, 5.41) is 17.0. The predicted molar refractivity (Wildman–Crippen MR) is 124 cm³/mol. The predicted octanol–water partition coefficient (Wildman–Crippen LogP) is 1.98. The number of benzene rings is 2. The number of carboxylic acids is 1. The maximum Gasteiger partial charge on any atom is 0.315 e. The first-order chi connectivity index (χ1) is 16.2. The quantitative estimate of drug-likeness (QED) is 0.274. The molecule has 1 saturated heterocycles. The van der Waals surface area contributed by atoms with Crippen LogP contribution in [-0.2, 0) is 14.4 Å². The van der Waals surface area contributed by atoms with E-state index in [0.717, 1.165) is 0 Å². The molecule has 1 fully saturated rings. The molecule has 2 aromatic rings. The third kappa shape index (κ3) is 5.45. The summed E-state index contributed by atoms with van der Waals surface area (Å²) in [5.74, 6) is -1.69. The zero-order valence-corrected chi connectivity index (χ0v) is 19.1. The average molecular weight is 469 g/mol. The van der Waals surface area contributed by atoms with Gasteiger partial charge in [0.25, 0.3) is 0 Å². The second-order valence-electron chi connectivity index (χ2n) is 7.85. The number of nitrogen functional groups attached to an aromatic ring is 1. The largest absolute Gasteiger partial charge is 0.497 e. The molecule has 1 heterocycles. The number of amides is 2. The minimum absolute atomic E-state index is 0.0109.